The van der Waals surface area contributed by atoms with Gasteiger partial charge in [-0.05, 0) is 36.8 Å². The van der Waals surface area contributed by atoms with Gasteiger partial charge in [0, 0.05) is 18.8 Å². The van der Waals surface area contributed by atoms with Crippen molar-refractivity contribution in [1.29, 1.82) is 0 Å². The number of hydrogen-bond acceptors (Lipinski definition) is 3. The van der Waals surface area contributed by atoms with Gasteiger partial charge < -0.3 is 15.7 Å². The van der Waals surface area contributed by atoms with Gasteiger partial charge in [-0.25, -0.2) is 4.79 Å². The lowest BCUT2D eigenvalue weighted by molar-refractivity contribution is 0.213. The molecule has 5 heteroatoms. The first kappa shape index (κ1) is 18.4. The molecule has 0 spiro atoms. The van der Waals surface area contributed by atoms with Crippen LogP contribution in [-0.2, 0) is 0 Å². The number of rotatable bonds is 7. The van der Waals surface area contributed by atoms with Gasteiger partial charge >= 0.3 is 6.03 Å². The molecule has 0 aliphatic carbocycles. The number of hydrogen-bond donors (Lipinski definition) is 3. The number of urea groups is 1. The first-order chi connectivity index (χ1) is 10.4. The van der Waals surface area contributed by atoms with Crippen LogP contribution in [0.2, 0.25) is 0 Å². The molecule has 1 rings (SSSR count). The SMILES string of the molecule is Cc1cccnc1C(NC(=O)NC(CCO)C(C)C)C(C)C. The van der Waals surface area contributed by atoms with Crippen LogP contribution in [0.1, 0.15) is 51.4 Å². The van der Waals surface area contributed by atoms with E-state index in [2.05, 4.69) is 29.5 Å². The smallest absolute Gasteiger partial charge is 0.315 e. The van der Waals surface area contributed by atoms with Crippen molar-refractivity contribution in [1.82, 2.24) is 15.6 Å². The van der Waals surface area contributed by atoms with Gasteiger partial charge in [0.2, 0.25) is 0 Å². The fraction of sp³-hybridized carbons (Fsp3) is 0.647. The van der Waals surface area contributed by atoms with Crippen LogP contribution in [0.15, 0.2) is 18.3 Å². The summed E-state index contributed by atoms with van der Waals surface area (Å²) in [6.45, 7) is 10.3. The Labute approximate surface area is 133 Å². The van der Waals surface area contributed by atoms with Gasteiger partial charge in [-0.15, -0.1) is 0 Å². The Hall–Kier alpha value is -1.62. The summed E-state index contributed by atoms with van der Waals surface area (Å²) in [6, 6.07) is 3.51. The summed E-state index contributed by atoms with van der Waals surface area (Å²) in [5.74, 6) is 0.502. The minimum atomic E-state index is -0.212. The van der Waals surface area contributed by atoms with Crippen molar-refractivity contribution in [2.45, 2.75) is 53.1 Å². The molecule has 0 fully saturated rings. The van der Waals surface area contributed by atoms with E-state index in [9.17, 15) is 4.79 Å². The molecule has 0 aliphatic rings. The Morgan fingerprint density at radius 3 is 2.41 bits per heavy atom. The normalized spacial score (nSPS) is 14.0. The molecule has 2 amide bonds. The van der Waals surface area contributed by atoms with Gasteiger partial charge in [0.1, 0.15) is 0 Å². The van der Waals surface area contributed by atoms with E-state index >= 15 is 0 Å². The topological polar surface area (TPSA) is 74.2 Å². The van der Waals surface area contributed by atoms with Crippen molar-refractivity contribution in [3.8, 4) is 0 Å². The number of aliphatic hydroxyl groups excluding tert-OH is 1. The van der Waals surface area contributed by atoms with E-state index in [-0.39, 0.29) is 36.6 Å². The molecule has 1 heterocycles. The zero-order valence-corrected chi connectivity index (χ0v) is 14.3. The summed E-state index contributed by atoms with van der Waals surface area (Å²) in [5, 5.41) is 15.1. The lowest BCUT2D eigenvalue weighted by Crippen LogP contribution is -2.47. The summed E-state index contributed by atoms with van der Waals surface area (Å²) in [4.78, 5) is 16.7. The largest absolute Gasteiger partial charge is 0.396 e. The van der Waals surface area contributed by atoms with Crippen LogP contribution in [-0.4, -0.2) is 28.8 Å². The van der Waals surface area contributed by atoms with Crippen LogP contribution in [0.4, 0.5) is 4.79 Å². The number of aryl methyl sites for hydroxylation is 1. The number of nitrogens with one attached hydrogen (secondary N) is 2. The molecule has 0 saturated heterocycles. The zero-order chi connectivity index (χ0) is 16.7. The molecule has 2 atom stereocenters. The van der Waals surface area contributed by atoms with Crippen molar-refractivity contribution in [2.75, 3.05) is 6.61 Å². The van der Waals surface area contributed by atoms with Gasteiger partial charge in [-0.1, -0.05) is 33.8 Å². The Kier molecular flexibility index (Phi) is 7.32. The highest BCUT2D eigenvalue weighted by Crippen LogP contribution is 2.22. The van der Waals surface area contributed by atoms with E-state index in [0.29, 0.717) is 6.42 Å². The molecule has 5 nitrogen and oxygen atoms in total. The first-order valence-electron chi connectivity index (χ1n) is 7.96. The van der Waals surface area contributed by atoms with E-state index in [1.54, 1.807) is 6.20 Å². The molecular formula is C17H29N3O2. The molecule has 0 radical (unpaired) electrons. The van der Waals surface area contributed by atoms with E-state index in [0.717, 1.165) is 11.3 Å². The third-order valence-electron chi connectivity index (χ3n) is 3.86. The van der Waals surface area contributed by atoms with Gasteiger partial charge in [-0.2, -0.15) is 0 Å². The van der Waals surface area contributed by atoms with E-state index in [1.807, 2.05) is 32.9 Å². The van der Waals surface area contributed by atoms with Crippen molar-refractivity contribution in [3.05, 3.63) is 29.6 Å². The molecule has 3 N–H and O–H groups in total. The average molecular weight is 307 g/mol. The summed E-state index contributed by atoms with van der Waals surface area (Å²) in [5.41, 5.74) is 1.97. The molecule has 2 unspecified atom stereocenters. The molecule has 0 bridgehead atoms. The monoisotopic (exact) mass is 307 g/mol. The minimum Gasteiger partial charge on any atom is -0.396 e. The van der Waals surface area contributed by atoms with Gasteiger partial charge in [0.15, 0.2) is 0 Å². The Morgan fingerprint density at radius 2 is 1.91 bits per heavy atom. The molecule has 124 valence electrons. The maximum Gasteiger partial charge on any atom is 0.315 e. The zero-order valence-electron chi connectivity index (χ0n) is 14.3. The van der Waals surface area contributed by atoms with E-state index in [1.165, 1.54) is 0 Å². The van der Waals surface area contributed by atoms with Crippen molar-refractivity contribution >= 4 is 6.03 Å². The second-order valence-corrected chi connectivity index (χ2v) is 6.41. The molecular weight excluding hydrogens is 278 g/mol. The summed E-state index contributed by atoms with van der Waals surface area (Å²) < 4.78 is 0. The van der Waals surface area contributed by atoms with Gasteiger partial charge in [-0.3, -0.25) is 4.98 Å². The van der Waals surface area contributed by atoms with Crippen molar-refractivity contribution in [2.24, 2.45) is 11.8 Å². The van der Waals surface area contributed by atoms with Crippen LogP contribution >= 0.6 is 0 Å². The highest BCUT2D eigenvalue weighted by Gasteiger charge is 2.23. The summed E-state index contributed by atoms with van der Waals surface area (Å²) in [7, 11) is 0. The van der Waals surface area contributed by atoms with Crippen LogP contribution in [0.25, 0.3) is 0 Å². The molecule has 0 saturated carbocycles. The van der Waals surface area contributed by atoms with E-state index < -0.39 is 0 Å². The number of nitrogens with zero attached hydrogens (tertiary/aromatic N) is 1. The second-order valence-electron chi connectivity index (χ2n) is 6.41. The van der Waals surface area contributed by atoms with Gasteiger partial charge in [0.05, 0.1) is 11.7 Å². The Morgan fingerprint density at radius 1 is 1.23 bits per heavy atom. The highest BCUT2D eigenvalue weighted by molar-refractivity contribution is 5.74. The Bertz CT molecular complexity index is 475. The maximum absolute atomic E-state index is 12.3. The second kappa shape index (κ2) is 8.73. The fourth-order valence-electron chi connectivity index (χ4n) is 2.44. The number of pyridine rings is 1. The predicted molar refractivity (Wildman–Crippen MR) is 88.5 cm³/mol. The lowest BCUT2D eigenvalue weighted by atomic mass is 9.97. The quantitative estimate of drug-likeness (QED) is 0.725. The predicted octanol–water partition coefficient (Wildman–Crippen LogP) is 2.79. The maximum atomic E-state index is 12.3. The van der Waals surface area contributed by atoms with Crippen LogP contribution in [0.3, 0.4) is 0 Å². The van der Waals surface area contributed by atoms with Crippen LogP contribution < -0.4 is 10.6 Å². The average Bonchev–Trinajstić information content (AvgIpc) is 2.45. The molecule has 22 heavy (non-hydrogen) atoms. The molecule has 1 aromatic rings. The number of aromatic nitrogens is 1. The summed E-state index contributed by atoms with van der Waals surface area (Å²) >= 11 is 0. The minimum absolute atomic E-state index is 0.0392. The van der Waals surface area contributed by atoms with Crippen LogP contribution in [0, 0.1) is 18.8 Å². The van der Waals surface area contributed by atoms with Crippen LogP contribution in [0.5, 0.6) is 0 Å². The standard InChI is InChI=1S/C17H29N3O2/c1-11(2)14(8-10-21)19-17(22)20-15(12(3)4)16-13(5)7-6-9-18-16/h6-7,9,11-12,14-15,21H,8,10H2,1-5H3,(H2,19,20,22). The highest BCUT2D eigenvalue weighted by atomic mass is 16.3. The number of aliphatic hydroxyl groups is 1. The molecule has 0 aliphatic heterocycles. The fourth-order valence-corrected chi connectivity index (χ4v) is 2.44. The first-order valence-corrected chi connectivity index (χ1v) is 7.96. The third kappa shape index (κ3) is 5.30. The Balaban J connectivity index is 2.79. The van der Waals surface area contributed by atoms with E-state index in [4.69, 9.17) is 5.11 Å². The summed E-state index contributed by atoms with van der Waals surface area (Å²) in [6.07, 6.45) is 2.31. The van der Waals surface area contributed by atoms with Gasteiger partial charge in [0.25, 0.3) is 0 Å². The molecule has 1 aromatic heterocycles. The lowest BCUT2D eigenvalue weighted by Gasteiger charge is -2.27. The molecule has 0 aromatic carbocycles. The number of carbonyl (C=O) groups is 1. The third-order valence-corrected chi connectivity index (χ3v) is 3.86. The number of carbonyl (C=O) groups excluding carboxylic acids is 1. The number of amides is 2. The van der Waals surface area contributed by atoms with Crippen molar-refractivity contribution in [3.63, 3.8) is 0 Å². The van der Waals surface area contributed by atoms with Crippen molar-refractivity contribution < 1.29 is 9.90 Å².